The molecule has 8 nitrogen and oxygen atoms in total. The van der Waals surface area contributed by atoms with Gasteiger partial charge in [-0.25, -0.2) is 16.8 Å². The van der Waals surface area contributed by atoms with E-state index in [0.29, 0.717) is 32.5 Å². The average molecular weight is 561 g/mol. The smallest absolute Gasteiger partial charge is 0.244 e. The van der Waals surface area contributed by atoms with Gasteiger partial charge in [-0.15, -0.1) is 0 Å². The van der Waals surface area contributed by atoms with Crippen LogP contribution in [0.5, 0.6) is 0 Å². The zero-order valence-corrected chi connectivity index (χ0v) is 22.1. The lowest BCUT2D eigenvalue weighted by Gasteiger charge is -2.31. The third kappa shape index (κ3) is 5.84. The number of carbonyl (C=O) groups excluding carboxylic acids is 1. The molecule has 2 aromatic rings. The van der Waals surface area contributed by atoms with Crippen LogP contribution < -0.4 is 5.32 Å². The fourth-order valence-corrected chi connectivity index (χ4v) is 8.16. The molecule has 1 atom stereocenters. The van der Waals surface area contributed by atoms with Gasteiger partial charge in [0.05, 0.1) is 15.8 Å². The predicted octanol–water partition coefficient (Wildman–Crippen LogP) is 3.50. The predicted molar refractivity (Wildman–Crippen MR) is 134 cm³/mol. The van der Waals surface area contributed by atoms with Gasteiger partial charge in [-0.3, -0.25) is 4.79 Å². The van der Waals surface area contributed by atoms with E-state index in [1.54, 1.807) is 24.3 Å². The van der Waals surface area contributed by atoms with Crippen LogP contribution in [0.25, 0.3) is 0 Å². The minimum atomic E-state index is -3.90. The van der Waals surface area contributed by atoms with Gasteiger partial charge in [0.25, 0.3) is 0 Å². The maximum absolute atomic E-state index is 13.1. The SMILES string of the molecule is O=C(NCc1ccc(S(=O)(=O)N2CCCC2)cc1)[C@@H]1CCCN(S(=O)(=O)c2cc(Cl)ccc2Cl)C1. The number of hydrogen-bond acceptors (Lipinski definition) is 5. The molecular weight excluding hydrogens is 533 g/mol. The molecule has 2 aromatic carbocycles. The number of rotatable bonds is 7. The van der Waals surface area contributed by atoms with Gasteiger partial charge < -0.3 is 5.32 Å². The highest BCUT2D eigenvalue weighted by molar-refractivity contribution is 7.89. The van der Waals surface area contributed by atoms with Gasteiger partial charge in [0, 0.05) is 37.7 Å². The first-order chi connectivity index (χ1) is 16.6. The van der Waals surface area contributed by atoms with Crippen LogP contribution in [0.1, 0.15) is 31.2 Å². The number of piperidine rings is 1. The molecule has 2 fully saturated rings. The summed E-state index contributed by atoms with van der Waals surface area (Å²) >= 11 is 12.1. The van der Waals surface area contributed by atoms with Crippen molar-refractivity contribution in [3.05, 3.63) is 58.1 Å². The second-order valence-electron chi connectivity index (χ2n) is 8.75. The first kappa shape index (κ1) is 26.4. The molecule has 0 aromatic heterocycles. The van der Waals surface area contributed by atoms with Gasteiger partial charge in [0.15, 0.2) is 0 Å². The number of carbonyl (C=O) groups is 1. The molecule has 0 saturated carbocycles. The van der Waals surface area contributed by atoms with Crippen LogP contribution in [0.3, 0.4) is 0 Å². The van der Waals surface area contributed by atoms with Crippen LogP contribution >= 0.6 is 23.2 Å². The molecule has 0 bridgehead atoms. The van der Waals surface area contributed by atoms with E-state index in [1.807, 2.05) is 0 Å². The van der Waals surface area contributed by atoms with Crippen molar-refractivity contribution in [3.63, 3.8) is 0 Å². The van der Waals surface area contributed by atoms with Gasteiger partial charge in [-0.05, 0) is 61.6 Å². The van der Waals surface area contributed by atoms with Gasteiger partial charge in [-0.2, -0.15) is 8.61 Å². The van der Waals surface area contributed by atoms with E-state index in [0.717, 1.165) is 18.4 Å². The van der Waals surface area contributed by atoms with Crippen molar-refractivity contribution in [2.45, 2.75) is 42.0 Å². The number of nitrogens with zero attached hydrogens (tertiary/aromatic N) is 2. The number of benzene rings is 2. The van der Waals surface area contributed by atoms with Crippen LogP contribution in [0.2, 0.25) is 10.0 Å². The summed E-state index contributed by atoms with van der Waals surface area (Å²) in [5, 5.41) is 3.19. The van der Waals surface area contributed by atoms with Crippen LogP contribution in [0.15, 0.2) is 52.3 Å². The highest BCUT2D eigenvalue weighted by atomic mass is 35.5. The van der Waals surface area contributed by atoms with Gasteiger partial charge in [0.2, 0.25) is 26.0 Å². The van der Waals surface area contributed by atoms with Crippen molar-refractivity contribution < 1.29 is 21.6 Å². The third-order valence-corrected chi connectivity index (χ3v) is 10.9. The lowest BCUT2D eigenvalue weighted by molar-refractivity contribution is -0.126. The van der Waals surface area contributed by atoms with Crippen molar-refractivity contribution in [1.29, 1.82) is 0 Å². The Morgan fingerprint density at radius 2 is 1.54 bits per heavy atom. The molecule has 2 saturated heterocycles. The maximum atomic E-state index is 13.1. The highest BCUT2D eigenvalue weighted by Crippen LogP contribution is 2.30. The summed E-state index contributed by atoms with van der Waals surface area (Å²) in [5.74, 6) is -0.762. The third-order valence-electron chi connectivity index (χ3n) is 6.36. The quantitative estimate of drug-likeness (QED) is 0.559. The van der Waals surface area contributed by atoms with Crippen molar-refractivity contribution in [2.75, 3.05) is 26.2 Å². The molecule has 0 spiro atoms. The lowest BCUT2D eigenvalue weighted by atomic mass is 9.99. The molecule has 2 aliphatic rings. The molecule has 0 aliphatic carbocycles. The Morgan fingerprint density at radius 1 is 0.886 bits per heavy atom. The fourth-order valence-electron chi connectivity index (χ4n) is 4.38. The zero-order chi connectivity index (χ0) is 25.2. The monoisotopic (exact) mass is 559 g/mol. The van der Waals surface area contributed by atoms with E-state index in [1.165, 1.54) is 26.8 Å². The fraction of sp³-hybridized carbons (Fsp3) is 0.435. The van der Waals surface area contributed by atoms with E-state index in [-0.39, 0.29) is 38.8 Å². The molecule has 35 heavy (non-hydrogen) atoms. The molecule has 0 radical (unpaired) electrons. The van der Waals surface area contributed by atoms with Crippen LogP contribution in [-0.4, -0.2) is 57.5 Å². The van der Waals surface area contributed by atoms with Gasteiger partial charge >= 0.3 is 0 Å². The van der Waals surface area contributed by atoms with E-state index >= 15 is 0 Å². The van der Waals surface area contributed by atoms with Crippen molar-refractivity contribution in [2.24, 2.45) is 5.92 Å². The summed E-state index contributed by atoms with van der Waals surface area (Å²) in [6, 6.07) is 10.7. The molecule has 1 N–H and O–H groups in total. The molecule has 190 valence electrons. The lowest BCUT2D eigenvalue weighted by Crippen LogP contribution is -2.45. The molecular formula is C23H27Cl2N3O5S2. The highest BCUT2D eigenvalue weighted by Gasteiger charge is 2.34. The summed E-state index contributed by atoms with van der Waals surface area (Å²) in [6.07, 6.45) is 2.84. The van der Waals surface area contributed by atoms with Gasteiger partial charge in [0.1, 0.15) is 4.90 Å². The maximum Gasteiger partial charge on any atom is 0.244 e. The zero-order valence-electron chi connectivity index (χ0n) is 19.0. The topological polar surface area (TPSA) is 104 Å². The molecule has 2 aliphatic heterocycles. The molecule has 2 heterocycles. The molecule has 1 amide bonds. The Bertz CT molecular complexity index is 1290. The Labute approximate surface area is 216 Å². The molecule has 4 rings (SSSR count). The minimum absolute atomic E-state index is 0.0457. The Kier molecular flexibility index (Phi) is 8.09. The Balaban J connectivity index is 1.37. The first-order valence-electron chi connectivity index (χ1n) is 11.4. The number of sulfonamides is 2. The summed E-state index contributed by atoms with van der Waals surface area (Å²) in [6.45, 7) is 1.63. The second kappa shape index (κ2) is 10.7. The van der Waals surface area contributed by atoms with E-state index in [4.69, 9.17) is 23.2 Å². The standard InChI is InChI=1S/C23H27Cl2N3O5S2/c24-19-7-10-21(25)22(14-19)35(32,33)28-13-3-4-18(16-28)23(29)26-15-17-5-8-20(9-6-17)34(30,31)27-11-1-2-12-27/h5-10,14,18H,1-4,11-13,15-16H2,(H,26,29)/t18-/m1/s1. The normalized spacial score (nSPS) is 20.1. The summed E-state index contributed by atoms with van der Waals surface area (Å²) in [5.41, 5.74) is 0.754. The van der Waals surface area contributed by atoms with E-state index < -0.39 is 26.0 Å². The molecule has 0 unspecified atom stereocenters. The second-order valence-corrected chi connectivity index (χ2v) is 13.4. The molecule has 12 heteroatoms. The number of amides is 1. The van der Waals surface area contributed by atoms with Crippen LogP contribution in [0, 0.1) is 5.92 Å². The first-order valence-corrected chi connectivity index (χ1v) is 15.0. The number of halogens is 2. The number of nitrogens with one attached hydrogen (secondary N) is 1. The van der Waals surface area contributed by atoms with Crippen molar-refractivity contribution in [1.82, 2.24) is 13.9 Å². The van der Waals surface area contributed by atoms with Crippen LogP contribution in [0.4, 0.5) is 0 Å². The van der Waals surface area contributed by atoms with Gasteiger partial charge in [-0.1, -0.05) is 35.3 Å². The number of hydrogen-bond donors (Lipinski definition) is 1. The summed E-state index contributed by atoms with van der Waals surface area (Å²) in [4.78, 5) is 13.0. The Morgan fingerprint density at radius 3 is 2.23 bits per heavy atom. The van der Waals surface area contributed by atoms with Crippen LogP contribution in [-0.2, 0) is 31.4 Å². The van der Waals surface area contributed by atoms with E-state index in [9.17, 15) is 21.6 Å². The average Bonchev–Trinajstić information content (AvgIpc) is 3.40. The van der Waals surface area contributed by atoms with Crippen molar-refractivity contribution >= 4 is 49.2 Å². The summed E-state index contributed by atoms with van der Waals surface area (Å²) in [7, 11) is -7.39. The van der Waals surface area contributed by atoms with E-state index in [2.05, 4.69) is 5.32 Å². The Hall–Kier alpha value is -1.69. The summed E-state index contributed by atoms with van der Waals surface area (Å²) < 4.78 is 54.3. The minimum Gasteiger partial charge on any atom is -0.352 e. The largest absolute Gasteiger partial charge is 0.352 e. The van der Waals surface area contributed by atoms with Crippen molar-refractivity contribution in [3.8, 4) is 0 Å².